The van der Waals surface area contributed by atoms with Gasteiger partial charge in [0.15, 0.2) is 0 Å². The minimum absolute atomic E-state index is 0.273. The zero-order valence-electron chi connectivity index (χ0n) is 10.5. The van der Waals surface area contributed by atoms with Gasteiger partial charge in [-0.05, 0) is 54.4 Å². The molecule has 1 heterocycles. The SMILES string of the molecule is NNC(c1ccc(OC2CC2)cc1)C1CCSC1. The number of nitrogens with two attached hydrogens (primary N) is 1. The molecule has 18 heavy (non-hydrogen) atoms. The number of ether oxygens (including phenoxy) is 1. The Morgan fingerprint density at radius 3 is 2.56 bits per heavy atom. The van der Waals surface area contributed by atoms with E-state index in [1.54, 1.807) is 0 Å². The highest BCUT2D eigenvalue weighted by Gasteiger charge is 2.26. The molecule has 1 aromatic rings. The highest BCUT2D eigenvalue weighted by atomic mass is 32.2. The first-order valence-corrected chi connectivity index (χ1v) is 7.83. The normalized spacial score (nSPS) is 25.1. The number of thioether (sulfide) groups is 1. The molecular weight excluding hydrogens is 244 g/mol. The van der Waals surface area contributed by atoms with Crippen molar-refractivity contribution >= 4 is 11.8 Å². The lowest BCUT2D eigenvalue weighted by Crippen LogP contribution is -2.33. The number of hydrogen-bond donors (Lipinski definition) is 2. The van der Waals surface area contributed by atoms with E-state index in [0.29, 0.717) is 12.0 Å². The molecule has 1 saturated carbocycles. The summed E-state index contributed by atoms with van der Waals surface area (Å²) in [6.07, 6.45) is 4.12. The number of nitrogens with one attached hydrogen (secondary N) is 1. The monoisotopic (exact) mass is 264 g/mol. The molecule has 1 saturated heterocycles. The van der Waals surface area contributed by atoms with Crippen LogP contribution in [-0.2, 0) is 0 Å². The third-order valence-electron chi connectivity index (χ3n) is 3.68. The minimum Gasteiger partial charge on any atom is -0.490 e. The van der Waals surface area contributed by atoms with E-state index in [1.165, 1.54) is 36.3 Å². The van der Waals surface area contributed by atoms with Crippen molar-refractivity contribution in [1.82, 2.24) is 5.43 Å². The van der Waals surface area contributed by atoms with Gasteiger partial charge >= 0.3 is 0 Å². The van der Waals surface area contributed by atoms with Crippen LogP contribution in [0.4, 0.5) is 0 Å². The van der Waals surface area contributed by atoms with Gasteiger partial charge in [-0.3, -0.25) is 11.3 Å². The van der Waals surface area contributed by atoms with Crippen molar-refractivity contribution in [1.29, 1.82) is 0 Å². The summed E-state index contributed by atoms with van der Waals surface area (Å²) in [6.45, 7) is 0. The second kappa shape index (κ2) is 5.51. The molecule has 1 aromatic carbocycles. The van der Waals surface area contributed by atoms with Crippen LogP contribution in [0.2, 0.25) is 0 Å². The number of rotatable bonds is 5. The van der Waals surface area contributed by atoms with Gasteiger partial charge < -0.3 is 4.74 Å². The third kappa shape index (κ3) is 2.82. The average Bonchev–Trinajstić information content (AvgIpc) is 3.05. The van der Waals surface area contributed by atoms with E-state index in [1.807, 2.05) is 11.8 Å². The van der Waals surface area contributed by atoms with Gasteiger partial charge in [0.25, 0.3) is 0 Å². The van der Waals surface area contributed by atoms with Gasteiger partial charge in [-0.15, -0.1) is 0 Å². The zero-order valence-corrected chi connectivity index (χ0v) is 11.3. The first-order valence-electron chi connectivity index (χ1n) is 6.67. The molecule has 4 heteroatoms. The maximum absolute atomic E-state index is 5.76. The molecule has 2 fully saturated rings. The smallest absolute Gasteiger partial charge is 0.119 e. The van der Waals surface area contributed by atoms with Crippen LogP contribution in [0, 0.1) is 5.92 Å². The van der Waals surface area contributed by atoms with Gasteiger partial charge in [0, 0.05) is 6.04 Å². The van der Waals surface area contributed by atoms with E-state index in [4.69, 9.17) is 10.6 Å². The summed E-state index contributed by atoms with van der Waals surface area (Å²) < 4.78 is 5.76. The molecule has 0 bridgehead atoms. The fraction of sp³-hybridized carbons (Fsp3) is 0.571. The topological polar surface area (TPSA) is 47.3 Å². The Kier molecular flexibility index (Phi) is 3.77. The highest BCUT2D eigenvalue weighted by Crippen LogP contribution is 2.34. The van der Waals surface area contributed by atoms with E-state index < -0.39 is 0 Å². The first-order chi connectivity index (χ1) is 8.86. The third-order valence-corrected chi connectivity index (χ3v) is 4.87. The summed E-state index contributed by atoms with van der Waals surface area (Å²) in [7, 11) is 0. The second-order valence-corrected chi connectivity index (χ2v) is 6.30. The van der Waals surface area contributed by atoms with E-state index in [-0.39, 0.29) is 6.04 Å². The van der Waals surface area contributed by atoms with Crippen molar-refractivity contribution in [3.05, 3.63) is 29.8 Å². The van der Waals surface area contributed by atoms with Crippen molar-refractivity contribution in [2.75, 3.05) is 11.5 Å². The Hall–Kier alpha value is -0.710. The number of benzene rings is 1. The summed E-state index contributed by atoms with van der Waals surface area (Å²) in [5.41, 5.74) is 4.25. The molecule has 0 aromatic heterocycles. The highest BCUT2D eigenvalue weighted by molar-refractivity contribution is 7.99. The molecule has 2 aliphatic rings. The van der Waals surface area contributed by atoms with Crippen LogP contribution in [0.3, 0.4) is 0 Å². The van der Waals surface area contributed by atoms with Crippen molar-refractivity contribution in [3.8, 4) is 5.75 Å². The van der Waals surface area contributed by atoms with Crippen LogP contribution in [0.15, 0.2) is 24.3 Å². The molecule has 3 rings (SSSR count). The minimum atomic E-state index is 0.273. The van der Waals surface area contributed by atoms with Crippen LogP contribution in [-0.4, -0.2) is 17.6 Å². The van der Waals surface area contributed by atoms with Crippen LogP contribution < -0.4 is 16.0 Å². The summed E-state index contributed by atoms with van der Waals surface area (Å²) in [5, 5.41) is 0. The van der Waals surface area contributed by atoms with Gasteiger partial charge in [0.2, 0.25) is 0 Å². The second-order valence-electron chi connectivity index (χ2n) is 5.15. The number of hydrogen-bond acceptors (Lipinski definition) is 4. The predicted octanol–water partition coefficient (Wildman–Crippen LogP) is 2.49. The van der Waals surface area contributed by atoms with Crippen molar-refractivity contribution in [2.24, 2.45) is 11.8 Å². The largest absolute Gasteiger partial charge is 0.490 e. The lowest BCUT2D eigenvalue weighted by atomic mass is 9.93. The van der Waals surface area contributed by atoms with Crippen molar-refractivity contribution in [3.63, 3.8) is 0 Å². The van der Waals surface area contributed by atoms with Gasteiger partial charge in [-0.25, -0.2) is 0 Å². The molecule has 0 radical (unpaired) electrons. The quantitative estimate of drug-likeness (QED) is 0.633. The van der Waals surface area contributed by atoms with Gasteiger partial charge in [-0.2, -0.15) is 11.8 Å². The fourth-order valence-electron chi connectivity index (χ4n) is 2.45. The lowest BCUT2D eigenvalue weighted by molar-refractivity contribution is 0.303. The summed E-state index contributed by atoms with van der Waals surface area (Å²) >= 11 is 2.02. The molecule has 3 N–H and O–H groups in total. The standard InChI is InChI=1S/C14H20N2OS/c15-16-14(11-7-8-18-9-11)10-1-3-12(4-2-10)17-13-5-6-13/h1-4,11,13-14,16H,5-9,15H2. The molecule has 98 valence electrons. The molecule has 1 aliphatic heterocycles. The Bertz CT molecular complexity index is 385. The van der Waals surface area contributed by atoms with E-state index in [0.717, 1.165) is 5.75 Å². The van der Waals surface area contributed by atoms with E-state index in [2.05, 4.69) is 29.7 Å². The Labute approximate surface area is 112 Å². The Morgan fingerprint density at radius 2 is 2.00 bits per heavy atom. The molecular formula is C14H20N2OS. The summed E-state index contributed by atoms with van der Waals surface area (Å²) in [5.74, 6) is 9.81. The maximum atomic E-state index is 5.76. The fourth-order valence-corrected chi connectivity index (χ4v) is 3.75. The summed E-state index contributed by atoms with van der Waals surface area (Å²) in [6, 6.07) is 8.70. The van der Waals surface area contributed by atoms with E-state index in [9.17, 15) is 0 Å². The predicted molar refractivity (Wildman–Crippen MR) is 75.6 cm³/mol. The Morgan fingerprint density at radius 1 is 1.22 bits per heavy atom. The molecule has 1 aliphatic carbocycles. The first kappa shape index (κ1) is 12.3. The number of hydrazine groups is 1. The Balaban J connectivity index is 1.68. The molecule has 2 atom stereocenters. The summed E-state index contributed by atoms with van der Waals surface area (Å²) in [4.78, 5) is 0. The molecule has 0 amide bonds. The van der Waals surface area contributed by atoms with Crippen LogP contribution in [0.25, 0.3) is 0 Å². The lowest BCUT2D eigenvalue weighted by Gasteiger charge is -2.22. The molecule has 2 unspecified atom stereocenters. The maximum Gasteiger partial charge on any atom is 0.119 e. The molecule has 0 spiro atoms. The van der Waals surface area contributed by atoms with Crippen LogP contribution >= 0.6 is 11.8 Å². The average molecular weight is 264 g/mol. The van der Waals surface area contributed by atoms with Gasteiger partial charge in [0.1, 0.15) is 5.75 Å². The zero-order chi connectivity index (χ0) is 12.4. The molecule has 3 nitrogen and oxygen atoms in total. The van der Waals surface area contributed by atoms with Gasteiger partial charge in [0.05, 0.1) is 6.10 Å². The van der Waals surface area contributed by atoms with Crippen molar-refractivity contribution in [2.45, 2.75) is 31.4 Å². The van der Waals surface area contributed by atoms with Crippen LogP contribution in [0.1, 0.15) is 30.9 Å². The van der Waals surface area contributed by atoms with Gasteiger partial charge in [-0.1, -0.05) is 12.1 Å². The van der Waals surface area contributed by atoms with E-state index >= 15 is 0 Å². The van der Waals surface area contributed by atoms with Crippen molar-refractivity contribution < 1.29 is 4.74 Å². The van der Waals surface area contributed by atoms with Crippen LogP contribution in [0.5, 0.6) is 5.75 Å².